The van der Waals surface area contributed by atoms with Crippen molar-refractivity contribution in [1.82, 2.24) is 9.80 Å². The number of nitrogens with zero attached hydrogens (tertiary/aromatic N) is 2. The Morgan fingerprint density at radius 1 is 1.00 bits per heavy atom. The minimum absolute atomic E-state index is 0.131. The highest BCUT2D eigenvalue weighted by Crippen LogP contribution is 2.35. The molecule has 0 spiro atoms. The smallest absolute Gasteiger partial charge is 0.278 e. The Hall–Kier alpha value is -3.12. The van der Waals surface area contributed by atoms with E-state index in [1.54, 1.807) is 18.4 Å². The van der Waals surface area contributed by atoms with Crippen LogP contribution in [-0.2, 0) is 22.7 Å². The molecule has 1 aliphatic heterocycles. The van der Waals surface area contributed by atoms with Crippen molar-refractivity contribution in [1.29, 1.82) is 0 Å². The zero-order valence-corrected chi connectivity index (χ0v) is 16.3. The number of carbonyl (C=O) groups excluding carboxylic acids is 2. The van der Waals surface area contributed by atoms with E-state index >= 15 is 0 Å². The molecule has 6 heteroatoms. The highest BCUT2D eigenvalue weighted by atomic mass is 32.1. The zero-order chi connectivity index (χ0) is 19.5. The summed E-state index contributed by atoms with van der Waals surface area (Å²) in [6.07, 6.45) is 1.54. The largest absolute Gasteiger partial charge is 0.467 e. The molecule has 1 aliphatic rings. The van der Waals surface area contributed by atoms with Crippen LogP contribution in [0, 0.1) is 0 Å². The molecule has 0 N–H and O–H groups in total. The third kappa shape index (κ3) is 3.39. The standard InChI is InChI=1S/C22H20N2O3S/c1-2-23(14-16-8-4-3-5-9-16)20-19(18-11-7-13-28-18)21(25)24(22(20)26)15-17-10-6-12-27-17/h3-13H,2,14-15H2,1H3. The summed E-state index contributed by atoms with van der Waals surface area (Å²) in [6.45, 7) is 3.31. The lowest BCUT2D eigenvalue weighted by molar-refractivity contribution is -0.138. The van der Waals surface area contributed by atoms with Crippen molar-refractivity contribution in [2.24, 2.45) is 0 Å². The van der Waals surface area contributed by atoms with Crippen LogP contribution in [0.4, 0.5) is 0 Å². The van der Waals surface area contributed by atoms with Gasteiger partial charge in [0, 0.05) is 18.0 Å². The van der Waals surface area contributed by atoms with E-state index in [4.69, 9.17) is 4.42 Å². The molecule has 3 heterocycles. The number of amides is 2. The number of carbonyl (C=O) groups is 2. The molecule has 2 amide bonds. The fourth-order valence-corrected chi connectivity index (χ4v) is 4.12. The first-order chi connectivity index (χ1) is 13.7. The highest BCUT2D eigenvalue weighted by molar-refractivity contribution is 7.11. The summed E-state index contributed by atoms with van der Waals surface area (Å²) in [7, 11) is 0. The molecule has 0 aliphatic carbocycles. The van der Waals surface area contributed by atoms with E-state index < -0.39 is 0 Å². The summed E-state index contributed by atoms with van der Waals surface area (Å²) in [5.41, 5.74) is 2.03. The molecule has 142 valence electrons. The number of hydrogen-bond donors (Lipinski definition) is 0. The molecule has 0 saturated carbocycles. The maximum atomic E-state index is 13.3. The van der Waals surface area contributed by atoms with Gasteiger partial charge in [0.1, 0.15) is 11.5 Å². The van der Waals surface area contributed by atoms with Gasteiger partial charge in [-0.15, -0.1) is 11.3 Å². The Morgan fingerprint density at radius 2 is 1.82 bits per heavy atom. The van der Waals surface area contributed by atoms with E-state index in [1.165, 1.54) is 16.2 Å². The Bertz CT molecular complexity index is 992. The van der Waals surface area contributed by atoms with E-state index in [0.29, 0.717) is 30.1 Å². The quantitative estimate of drug-likeness (QED) is 0.567. The molecule has 0 atom stereocenters. The molecule has 0 saturated heterocycles. The van der Waals surface area contributed by atoms with Crippen LogP contribution in [0.3, 0.4) is 0 Å². The molecule has 1 aromatic carbocycles. The number of benzene rings is 1. The normalized spacial score (nSPS) is 14.2. The van der Waals surface area contributed by atoms with Crippen molar-refractivity contribution in [2.45, 2.75) is 20.0 Å². The molecular weight excluding hydrogens is 372 g/mol. The van der Waals surface area contributed by atoms with Gasteiger partial charge in [-0.05, 0) is 36.1 Å². The minimum Gasteiger partial charge on any atom is -0.467 e. The number of likely N-dealkylation sites (N-methyl/N-ethyl adjacent to an activating group) is 1. The molecule has 2 aromatic heterocycles. The second-order valence-electron chi connectivity index (χ2n) is 6.48. The highest BCUT2D eigenvalue weighted by Gasteiger charge is 2.42. The number of imide groups is 1. The average molecular weight is 392 g/mol. The number of furan rings is 1. The summed E-state index contributed by atoms with van der Waals surface area (Å²) in [5, 5.41) is 1.92. The van der Waals surface area contributed by atoms with E-state index in [1.807, 2.05) is 59.7 Å². The minimum atomic E-state index is -0.275. The summed E-state index contributed by atoms with van der Waals surface area (Å²) in [5.74, 6) is 0.0348. The fourth-order valence-electron chi connectivity index (χ4n) is 3.35. The third-order valence-corrected chi connectivity index (χ3v) is 5.61. The van der Waals surface area contributed by atoms with Gasteiger partial charge in [-0.2, -0.15) is 0 Å². The van der Waals surface area contributed by atoms with Gasteiger partial charge in [0.15, 0.2) is 0 Å². The lowest BCUT2D eigenvalue weighted by Gasteiger charge is -2.24. The predicted octanol–water partition coefficient (Wildman–Crippen LogP) is 4.14. The van der Waals surface area contributed by atoms with Crippen molar-refractivity contribution in [3.8, 4) is 0 Å². The number of rotatable bonds is 7. The van der Waals surface area contributed by atoms with Gasteiger partial charge in [0.2, 0.25) is 0 Å². The van der Waals surface area contributed by atoms with Crippen LogP contribution in [0.5, 0.6) is 0 Å². The second-order valence-corrected chi connectivity index (χ2v) is 7.42. The Labute approximate surface area is 167 Å². The molecule has 0 fully saturated rings. The monoisotopic (exact) mass is 392 g/mol. The molecule has 0 unspecified atom stereocenters. The van der Waals surface area contributed by atoms with Crippen molar-refractivity contribution in [3.63, 3.8) is 0 Å². The first-order valence-electron chi connectivity index (χ1n) is 9.14. The Morgan fingerprint density at radius 3 is 2.46 bits per heavy atom. The van der Waals surface area contributed by atoms with Crippen molar-refractivity contribution in [2.75, 3.05) is 6.54 Å². The van der Waals surface area contributed by atoms with Gasteiger partial charge in [0.05, 0.1) is 18.4 Å². The molecular formula is C22H20N2O3S. The Balaban J connectivity index is 1.73. The van der Waals surface area contributed by atoms with E-state index in [-0.39, 0.29) is 18.4 Å². The van der Waals surface area contributed by atoms with Crippen LogP contribution in [-0.4, -0.2) is 28.2 Å². The van der Waals surface area contributed by atoms with Crippen LogP contribution in [0.2, 0.25) is 0 Å². The van der Waals surface area contributed by atoms with Crippen LogP contribution < -0.4 is 0 Å². The molecule has 0 bridgehead atoms. The van der Waals surface area contributed by atoms with Gasteiger partial charge >= 0.3 is 0 Å². The summed E-state index contributed by atoms with van der Waals surface area (Å²) in [6, 6.07) is 17.3. The summed E-state index contributed by atoms with van der Waals surface area (Å²) in [4.78, 5) is 30.6. The topological polar surface area (TPSA) is 53.8 Å². The van der Waals surface area contributed by atoms with Crippen LogP contribution >= 0.6 is 11.3 Å². The van der Waals surface area contributed by atoms with Crippen molar-refractivity contribution in [3.05, 3.63) is 88.1 Å². The van der Waals surface area contributed by atoms with Gasteiger partial charge < -0.3 is 9.32 Å². The van der Waals surface area contributed by atoms with Gasteiger partial charge in [-0.1, -0.05) is 36.4 Å². The molecule has 4 rings (SSSR count). The molecule has 0 radical (unpaired) electrons. The maximum absolute atomic E-state index is 13.3. The predicted molar refractivity (Wildman–Crippen MR) is 108 cm³/mol. The number of thiophene rings is 1. The van der Waals surface area contributed by atoms with E-state index in [9.17, 15) is 9.59 Å². The zero-order valence-electron chi connectivity index (χ0n) is 15.5. The third-order valence-electron chi connectivity index (χ3n) is 4.72. The number of hydrogen-bond acceptors (Lipinski definition) is 5. The van der Waals surface area contributed by atoms with Crippen LogP contribution in [0.25, 0.3) is 5.57 Å². The molecule has 28 heavy (non-hydrogen) atoms. The lowest BCUT2D eigenvalue weighted by Crippen LogP contribution is -2.34. The van der Waals surface area contributed by atoms with E-state index in [0.717, 1.165) is 10.4 Å². The van der Waals surface area contributed by atoms with Gasteiger partial charge in [-0.25, -0.2) is 0 Å². The van der Waals surface area contributed by atoms with Crippen LogP contribution in [0.15, 0.2) is 76.4 Å². The summed E-state index contributed by atoms with van der Waals surface area (Å²) < 4.78 is 5.36. The van der Waals surface area contributed by atoms with Gasteiger partial charge in [0.25, 0.3) is 11.8 Å². The van der Waals surface area contributed by atoms with Crippen molar-refractivity contribution >= 4 is 28.7 Å². The lowest BCUT2D eigenvalue weighted by atomic mass is 10.1. The summed E-state index contributed by atoms with van der Waals surface area (Å²) >= 11 is 1.47. The fraction of sp³-hybridized carbons (Fsp3) is 0.182. The second kappa shape index (κ2) is 7.86. The Kier molecular flexibility index (Phi) is 5.12. The molecule has 5 nitrogen and oxygen atoms in total. The maximum Gasteiger partial charge on any atom is 0.278 e. The van der Waals surface area contributed by atoms with E-state index in [2.05, 4.69) is 0 Å². The van der Waals surface area contributed by atoms with Gasteiger partial charge in [-0.3, -0.25) is 14.5 Å². The SMILES string of the molecule is CCN(Cc1ccccc1)C1=C(c2cccs2)C(=O)N(Cc2ccco2)C1=O. The first kappa shape index (κ1) is 18.3. The average Bonchev–Trinajstić information content (AvgIpc) is 3.46. The van der Waals surface area contributed by atoms with Crippen molar-refractivity contribution < 1.29 is 14.0 Å². The van der Waals surface area contributed by atoms with Crippen LogP contribution in [0.1, 0.15) is 23.1 Å². The first-order valence-corrected chi connectivity index (χ1v) is 10.0. The molecule has 3 aromatic rings.